The van der Waals surface area contributed by atoms with Crippen molar-refractivity contribution < 1.29 is 26.7 Å². The van der Waals surface area contributed by atoms with Gasteiger partial charge in [-0.25, -0.2) is 36.4 Å². The van der Waals surface area contributed by atoms with E-state index in [1.165, 1.54) is 23.6 Å². The summed E-state index contributed by atoms with van der Waals surface area (Å²) in [5.41, 5.74) is 8.41. The topological polar surface area (TPSA) is 156 Å². The molecule has 2 aliphatic heterocycles. The van der Waals surface area contributed by atoms with Crippen molar-refractivity contribution in [1.29, 1.82) is 0 Å². The Morgan fingerprint density at radius 1 is 0.935 bits per heavy atom. The third kappa shape index (κ3) is 5.51. The molecule has 5 N–H and O–H groups in total. The number of aliphatic hydroxyl groups excluding tert-OH is 1. The number of sulfonamides is 1. The summed E-state index contributed by atoms with van der Waals surface area (Å²) < 4.78 is 70.3. The van der Waals surface area contributed by atoms with Gasteiger partial charge in [0.1, 0.15) is 22.1 Å². The number of fused-ring (bicyclic) bond motifs is 1. The largest absolute Gasteiger partial charge is 0.514 e. The number of nitrogen functional groups attached to an aromatic ring is 1. The summed E-state index contributed by atoms with van der Waals surface area (Å²) in [6.07, 6.45) is 5.60. The van der Waals surface area contributed by atoms with E-state index in [4.69, 9.17) is 10.9 Å². The molecule has 46 heavy (non-hydrogen) atoms. The van der Waals surface area contributed by atoms with Gasteiger partial charge in [-0.2, -0.15) is 0 Å². The van der Waals surface area contributed by atoms with Crippen molar-refractivity contribution in [2.75, 3.05) is 41.7 Å². The van der Waals surface area contributed by atoms with Crippen LogP contribution in [0.1, 0.15) is 44.1 Å². The lowest BCUT2D eigenvalue weighted by Crippen LogP contribution is -2.40. The van der Waals surface area contributed by atoms with E-state index in [2.05, 4.69) is 20.2 Å². The van der Waals surface area contributed by atoms with Gasteiger partial charge in [0.25, 0.3) is 5.92 Å². The van der Waals surface area contributed by atoms with Crippen LogP contribution in [-0.4, -0.2) is 65.6 Å². The number of nitrogens with two attached hydrogens (primary N) is 2. The fraction of sp³-hybridized carbons (Fsp3) is 0.387. The maximum absolute atomic E-state index is 16.5. The third-order valence-electron chi connectivity index (χ3n) is 9.55. The summed E-state index contributed by atoms with van der Waals surface area (Å²) in [7, 11) is -4.22. The molecule has 2 saturated heterocycles. The summed E-state index contributed by atoms with van der Waals surface area (Å²) in [4.78, 5) is 7.64. The number of aromatic nitrogens is 4. The molecule has 11 nitrogen and oxygen atoms in total. The molecule has 3 fully saturated rings. The van der Waals surface area contributed by atoms with Crippen LogP contribution in [0.5, 0.6) is 0 Å². The molecular weight excluding hydrogens is 621 g/mol. The first-order chi connectivity index (χ1) is 21.9. The number of pyridine rings is 1. The number of piperidine rings is 2. The van der Waals surface area contributed by atoms with Gasteiger partial charge in [0.2, 0.25) is 10.0 Å². The van der Waals surface area contributed by atoms with E-state index in [1.54, 1.807) is 41.4 Å². The monoisotopic (exact) mass is 654 g/mol. The van der Waals surface area contributed by atoms with Crippen LogP contribution in [0, 0.1) is 11.2 Å². The van der Waals surface area contributed by atoms with Crippen LogP contribution >= 0.6 is 0 Å². The molecule has 1 spiro atoms. The van der Waals surface area contributed by atoms with E-state index in [0.717, 1.165) is 25.9 Å². The Labute approximate surface area is 263 Å². The number of anilines is 3. The second-order valence-corrected chi connectivity index (χ2v) is 14.0. The van der Waals surface area contributed by atoms with Gasteiger partial charge >= 0.3 is 0 Å². The normalized spacial score (nSPS) is 19.6. The number of hydrogen-bond donors (Lipinski definition) is 3. The molecule has 3 aliphatic rings. The molecule has 15 heteroatoms. The molecule has 0 amide bonds. The van der Waals surface area contributed by atoms with Gasteiger partial charge in [-0.3, -0.25) is 0 Å². The summed E-state index contributed by atoms with van der Waals surface area (Å²) in [6, 6.07) is 9.68. The molecule has 4 heterocycles. The lowest BCUT2D eigenvalue weighted by molar-refractivity contribution is -0.0221. The lowest BCUT2D eigenvalue weighted by Gasteiger charge is -2.35. The van der Waals surface area contributed by atoms with Gasteiger partial charge in [0.05, 0.1) is 29.4 Å². The molecular formula is C31H33F3N8O3S. The number of benzene rings is 2. The molecule has 0 unspecified atom stereocenters. The molecule has 7 rings (SSSR count). The maximum Gasteiger partial charge on any atom is 0.251 e. The highest BCUT2D eigenvalue weighted by molar-refractivity contribution is 7.98. The number of hydrogen-bond acceptors (Lipinski definition) is 9. The van der Waals surface area contributed by atoms with Crippen LogP contribution in [0.2, 0.25) is 0 Å². The lowest BCUT2D eigenvalue weighted by atomic mass is 9.93. The zero-order valence-corrected chi connectivity index (χ0v) is 25.7. The average Bonchev–Trinajstić information content (AvgIpc) is 3.58. The minimum atomic E-state index is -4.22. The summed E-state index contributed by atoms with van der Waals surface area (Å²) in [5, 5.41) is 24.3. The second kappa shape index (κ2) is 10.9. The van der Waals surface area contributed by atoms with Crippen LogP contribution in [0.15, 0.2) is 48.9 Å². The molecule has 2 aromatic heterocycles. The average molecular weight is 655 g/mol. The Bertz CT molecular complexity index is 1970. The number of aliphatic hydroxyl groups is 1. The van der Waals surface area contributed by atoms with E-state index in [0.29, 0.717) is 28.4 Å². The fourth-order valence-corrected chi connectivity index (χ4v) is 7.22. The van der Waals surface area contributed by atoms with Crippen molar-refractivity contribution in [2.24, 2.45) is 10.6 Å². The number of rotatable bonds is 6. The molecule has 0 radical (unpaired) electrons. The highest BCUT2D eigenvalue weighted by Gasteiger charge is 2.44. The van der Waals surface area contributed by atoms with Gasteiger partial charge in [0, 0.05) is 50.0 Å². The predicted molar refractivity (Wildman–Crippen MR) is 170 cm³/mol. The first-order valence-electron chi connectivity index (χ1n) is 15.1. The standard InChI is InChI=1S/C31H33F3N8O3S/c32-27-21(15-20-2-4-26(35)37-28(20)29(27)41-13-9-31(33,34)10-14-41)22-17-42(39-38-22)23-3-1-19(25(18-43)46(36,44)45)16-24(23)40-11-7-30(5-6-30)8-12-40/h1-4,15-18,43H,5-14H2,(H2,35,37)(H2,36,44,45). The zero-order valence-electron chi connectivity index (χ0n) is 24.8. The van der Waals surface area contributed by atoms with Crippen molar-refractivity contribution >= 4 is 43.0 Å². The highest BCUT2D eigenvalue weighted by atomic mass is 32.2. The van der Waals surface area contributed by atoms with E-state index in [-0.39, 0.29) is 46.9 Å². The Kier molecular flexibility index (Phi) is 7.16. The number of alkyl halides is 2. The Morgan fingerprint density at radius 3 is 2.28 bits per heavy atom. The quantitative estimate of drug-likeness (QED) is 0.245. The number of halogens is 3. The molecule has 242 valence electrons. The first-order valence-corrected chi connectivity index (χ1v) is 16.6. The van der Waals surface area contributed by atoms with Gasteiger partial charge in [-0.1, -0.05) is 11.3 Å². The Hall–Kier alpha value is -4.37. The number of primary sulfonamides is 1. The van der Waals surface area contributed by atoms with E-state index < -0.39 is 39.5 Å². The van der Waals surface area contributed by atoms with Gasteiger partial charge < -0.3 is 20.6 Å². The van der Waals surface area contributed by atoms with Crippen LogP contribution in [0.25, 0.3) is 32.8 Å². The maximum atomic E-state index is 16.5. The zero-order chi connectivity index (χ0) is 32.4. The van der Waals surface area contributed by atoms with Crippen molar-refractivity contribution in [3.05, 3.63) is 60.2 Å². The molecule has 2 aromatic carbocycles. The fourth-order valence-electron chi connectivity index (χ4n) is 6.61. The van der Waals surface area contributed by atoms with Crippen molar-refractivity contribution in [3.63, 3.8) is 0 Å². The molecule has 1 aliphatic carbocycles. The van der Waals surface area contributed by atoms with E-state index in [1.807, 2.05) is 0 Å². The number of nitrogens with zero attached hydrogens (tertiary/aromatic N) is 6. The van der Waals surface area contributed by atoms with Crippen LogP contribution in [-0.2, 0) is 10.0 Å². The summed E-state index contributed by atoms with van der Waals surface area (Å²) in [5.74, 6) is -3.31. The minimum Gasteiger partial charge on any atom is -0.514 e. The Balaban J connectivity index is 1.31. The SMILES string of the molecule is Nc1ccc2cc(-c3cn(-c4ccc(C(=CO)S(N)(=O)=O)cc4N4CCC5(CC4)CC5)nn3)c(F)c(N3CCC(F)(F)CC3)c2n1. The molecule has 0 atom stereocenters. The highest BCUT2D eigenvalue weighted by Crippen LogP contribution is 2.54. The third-order valence-corrected chi connectivity index (χ3v) is 10.5. The molecule has 4 aromatic rings. The first kappa shape index (κ1) is 30.3. The smallest absolute Gasteiger partial charge is 0.251 e. The van der Waals surface area contributed by atoms with Crippen molar-refractivity contribution in [2.45, 2.75) is 44.4 Å². The van der Waals surface area contributed by atoms with Crippen molar-refractivity contribution in [1.82, 2.24) is 20.0 Å². The van der Waals surface area contributed by atoms with Gasteiger partial charge in [-0.05, 0) is 67.0 Å². The van der Waals surface area contributed by atoms with Gasteiger partial charge in [0.15, 0.2) is 5.82 Å². The van der Waals surface area contributed by atoms with E-state index in [9.17, 15) is 22.3 Å². The summed E-state index contributed by atoms with van der Waals surface area (Å²) >= 11 is 0. The predicted octanol–water partition coefficient (Wildman–Crippen LogP) is 4.96. The second-order valence-electron chi connectivity index (χ2n) is 12.5. The summed E-state index contributed by atoms with van der Waals surface area (Å²) in [6.45, 7) is 1.36. The van der Waals surface area contributed by atoms with Crippen LogP contribution < -0.4 is 20.7 Å². The molecule has 0 bridgehead atoms. The minimum absolute atomic E-state index is 0.0543. The van der Waals surface area contributed by atoms with E-state index >= 15 is 4.39 Å². The Morgan fingerprint density at radius 2 is 1.63 bits per heavy atom. The molecule has 1 saturated carbocycles. The van der Waals surface area contributed by atoms with Gasteiger partial charge in [-0.15, -0.1) is 5.10 Å². The van der Waals surface area contributed by atoms with Crippen LogP contribution in [0.3, 0.4) is 0 Å². The van der Waals surface area contributed by atoms with Crippen LogP contribution in [0.4, 0.5) is 30.4 Å². The van der Waals surface area contributed by atoms with Crippen molar-refractivity contribution in [3.8, 4) is 16.9 Å².